The van der Waals surface area contributed by atoms with Gasteiger partial charge in [-0.15, -0.1) is 0 Å². The summed E-state index contributed by atoms with van der Waals surface area (Å²) in [6.45, 7) is 0. The standard InChI is InChI=1S/C21H11F8NO.C20H11F6NO/c22-17-3-1-2-14(18(17)23)19(31)30-13-7-4-11(5-8-13)15-10-12(20(24,25)26)6-9-16(15)21(27,28)29;21-15-7-3-5-13(18(15)23)19(28)27-17-9-8-11(10-16(17)22)12-4-1-2-6-14(12)20(24,25)26/h1-10H,(H,30,31);1-10H,(H,27,28). The van der Waals surface area contributed by atoms with Gasteiger partial charge in [-0.2, -0.15) is 39.5 Å². The van der Waals surface area contributed by atoms with E-state index in [0.29, 0.717) is 18.2 Å². The Balaban J connectivity index is 0.000000225. The number of halogens is 14. The maximum atomic E-state index is 14.4. The number of hydrogen-bond acceptors (Lipinski definition) is 2. The van der Waals surface area contributed by atoms with E-state index in [1.165, 1.54) is 24.3 Å². The number of nitrogens with one attached hydrogen (secondary N) is 2. The Morgan fingerprint density at radius 3 is 1.46 bits per heavy atom. The van der Waals surface area contributed by atoms with Crippen LogP contribution >= 0.6 is 0 Å². The highest BCUT2D eigenvalue weighted by atomic mass is 19.4. The Labute approximate surface area is 323 Å². The van der Waals surface area contributed by atoms with Gasteiger partial charge in [-0.1, -0.05) is 48.5 Å². The lowest BCUT2D eigenvalue weighted by Gasteiger charge is -2.16. The largest absolute Gasteiger partial charge is 0.417 e. The van der Waals surface area contributed by atoms with Gasteiger partial charge in [-0.05, 0) is 95.1 Å². The molecule has 59 heavy (non-hydrogen) atoms. The quantitative estimate of drug-likeness (QED) is 0.164. The second-order valence-electron chi connectivity index (χ2n) is 12.2. The van der Waals surface area contributed by atoms with Gasteiger partial charge in [0.2, 0.25) is 0 Å². The van der Waals surface area contributed by atoms with Crippen LogP contribution in [0, 0.1) is 29.1 Å². The van der Waals surface area contributed by atoms with E-state index in [1.54, 1.807) is 0 Å². The fourth-order valence-electron chi connectivity index (χ4n) is 5.45. The van der Waals surface area contributed by atoms with Crippen molar-refractivity contribution < 1.29 is 71.1 Å². The van der Waals surface area contributed by atoms with Gasteiger partial charge < -0.3 is 10.6 Å². The predicted octanol–water partition coefficient (Wildman–Crippen LogP) is 13.0. The summed E-state index contributed by atoms with van der Waals surface area (Å²) < 4.78 is 186. The number of hydrogen-bond donors (Lipinski definition) is 2. The molecule has 0 atom stereocenters. The van der Waals surface area contributed by atoms with Crippen molar-refractivity contribution in [3.63, 3.8) is 0 Å². The number of anilines is 2. The van der Waals surface area contributed by atoms with E-state index in [9.17, 15) is 71.1 Å². The smallest absolute Gasteiger partial charge is 0.322 e. The summed E-state index contributed by atoms with van der Waals surface area (Å²) in [7, 11) is 0. The average Bonchev–Trinajstić information content (AvgIpc) is 3.17. The highest BCUT2D eigenvalue weighted by Crippen LogP contribution is 2.41. The molecule has 2 N–H and O–H groups in total. The Bertz CT molecular complexity index is 2510. The van der Waals surface area contributed by atoms with Crippen molar-refractivity contribution in [2.75, 3.05) is 10.6 Å². The number of carbonyl (C=O) groups is 2. The summed E-state index contributed by atoms with van der Waals surface area (Å²) in [4.78, 5) is 24.1. The molecule has 0 aliphatic carbocycles. The van der Waals surface area contributed by atoms with Gasteiger partial charge in [0.05, 0.1) is 33.5 Å². The summed E-state index contributed by atoms with van der Waals surface area (Å²) in [5.74, 6) is -8.40. The molecule has 0 aromatic heterocycles. The second-order valence-corrected chi connectivity index (χ2v) is 12.2. The predicted molar refractivity (Wildman–Crippen MR) is 187 cm³/mol. The molecule has 0 aliphatic rings. The van der Waals surface area contributed by atoms with Crippen molar-refractivity contribution in [3.05, 3.63) is 178 Å². The van der Waals surface area contributed by atoms with Crippen LogP contribution in [-0.4, -0.2) is 11.8 Å². The molecular weight excluding hydrogens is 818 g/mol. The molecule has 4 nitrogen and oxygen atoms in total. The minimum Gasteiger partial charge on any atom is -0.322 e. The van der Waals surface area contributed by atoms with Gasteiger partial charge in [0.25, 0.3) is 11.8 Å². The van der Waals surface area contributed by atoms with Crippen molar-refractivity contribution in [2.24, 2.45) is 0 Å². The molecular formula is C41H22F14N2O2. The molecule has 0 radical (unpaired) electrons. The SMILES string of the molecule is O=C(Nc1ccc(-c2cc(C(F)(F)F)ccc2C(F)(F)F)cc1)c1cccc(F)c1F.O=C(Nc1ccc(-c2ccccc2C(F)(F)F)cc1F)c1cccc(F)c1F. The van der Waals surface area contributed by atoms with Gasteiger partial charge in [-0.3, -0.25) is 9.59 Å². The molecule has 306 valence electrons. The molecule has 6 aromatic rings. The minimum absolute atomic E-state index is 0.0120. The summed E-state index contributed by atoms with van der Waals surface area (Å²) in [5, 5.41) is 4.31. The van der Waals surface area contributed by atoms with Crippen molar-refractivity contribution in [3.8, 4) is 22.3 Å². The summed E-state index contributed by atoms with van der Waals surface area (Å²) in [5.41, 5.74) is -6.23. The number of rotatable bonds is 6. The molecule has 0 saturated heterocycles. The lowest BCUT2D eigenvalue weighted by Crippen LogP contribution is -2.15. The van der Waals surface area contributed by atoms with Gasteiger partial charge >= 0.3 is 18.5 Å². The molecule has 6 rings (SSSR count). The summed E-state index contributed by atoms with van der Waals surface area (Å²) in [6.07, 6.45) is -14.4. The van der Waals surface area contributed by atoms with E-state index in [0.717, 1.165) is 78.9 Å². The summed E-state index contributed by atoms with van der Waals surface area (Å²) >= 11 is 0. The molecule has 0 aliphatic heterocycles. The highest BCUT2D eigenvalue weighted by molar-refractivity contribution is 6.05. The number of alkyl halides is 9. The van der Waals surface area contributed by atoms with Crippen LogP contribution in [0.5, 0.6) is 0 Å². The maximum absolute atomic E-state index is 14.4. The van der Waals surface area contributed by atoms with E-state index < -0.39 is 92.8 Å². The van der Waals surface area contributed by atoms with Gasteiger partial charge in [0.15, 0.2) is 23.3 Å². The maximum Gasteiger partial charge on any atom is 0.417 e. The van der Waals surface area contributed by atoms with Crippen LogP contribution in [-0.2, 0) is 18.5 Å². The first-order valence-electron chi connectivity index (χ1n) is 16.4. The topological polar surface area (TPSA) is 58.2 Å². The molecule has 18 heteroatoms. The molecule has 0 saturated carbocycles. The summed E-state index contributed by atoms with van der Waals surface area (Å²) in [6, 6.07) is 19.1. The third-order valence-electron chi connectivity index (χ3n) is 8.26. The highest BCUT2D eigenvalue weighted by Gasteiger charge is 2.37. The van der Waals surface area contributed by atoms with E-state index in [4.69, 9.17) is 0 Å². The van der Waals surface area contributed by atoms with Crippen LogP contribution in [0.15, 0.2) is 121 Å². The molecule has 0 bridgehead atoms. The van der Waals surface area contributed by atoms with E-state index in [2.05, 4.69) is 10.6 Å². The fourth-order valence-corrected chi connectivity index (χ4v) is 5.45. The van der Waals surface area contributed by atoms with Gasteiger partial charge in [0, 0.05) is 5.69 Å². The number of benzene rings is 6. The van der Waals surface area contributed by atoms with Crippen LogP contribution in [0.2, 0.25) is 0 Å². The Morgan fingerprint density at radius 2 is 0.932 bits per heavy atom. The lowest BCUT2D eigenvalue weighted by molar-refractivity contribution is -0.141. The molecule has 0 unspecified atom stereocenters. The van der Waals surface area contributed by atoms with Crippen LogP contribution in [0.4, 0.5) is 72.8 Å². The molecule has 0 fully saturated rings. The van der Waals surface area contributed by atoms with Crippen molar-refractivity contribution in [1.82, 2.24) is 0 Å². The zero-order chi connectivity index (χ0) is 43.4. The average molecular weight is 841 g/mol. The first-order valence-corrected chi connectivity index (χ1v) is 16.4. The van der Waals surface area contributed by atoms with Crippen molar-refractivity contribution in [1.29, 1.82) is 0 Å². The first-order chi connectivity index (χ1) is 27.6. The second kappa shape index (κ2) is 17.0. The zero-order valence-corrected chi connectivity index (χ0v) is 29.2. The van der Waals surface area contributed by atoms with Crippen molar-refractivity contribution in [2.45, 2.75) is 18.5 Å². The van der Waals surface area contributed by atoms with Crippen LogP contribution in [0.3, 0.4) is 0 Å². The van der Waals surface area contributed by atoms with Gasteiger partial charge in [0.1, 0.15) is 5.82 Å². The third kappa shape index (κ3) is 10.2. The van der Waals surface area contributed by atoms with E-state index in [1.807, 2.05) is 0 Å². The molecule has 0 heterocycles. The normalized spacial score (nSPS) is 11.7. The van der Waals surface area contributed by atoms with Gasteiger partial charge in [-0.25, -0.2) is 22.0 Å². The van der Waals surface area contributed by atoms with Crippen LogP contribution in [0.25, 0.3) is 22.3 Å². The van der Waals surface area contributed by atoms with Crippen molar-refractivity contribution >= 4 is 23.2 Å². The Kier molecular flexibility index (Phi) is 12.5. The van der Waals surface area contributed by atoms with Crippen LogP contribution < -0.4 is 10.6 Å². The Morgan fingerprint density at radius 1 is 0.424 bits per heavy atom. The number of carbonyl (C=O) groups excluding carboxylic acids is 2. The van der Waals surface area contributed by atoms with E-state index in [-0.39, 0.29) is 28.1 Å². The number of amides is 2. The first kappa shape index (κ1) is 43.4. The zero-order valence-electron chi connectivity index (χ0n) is 29.2. The Hall–Kier alpha value is -6.72. The third-order valence-corrected chi connectivity index (χ3v) is 8.26. The molecule has 6 aromatic carbocycles. The molecule has 2 amide bonds. The van der Waals surface area contributed by atoms with Crippen LogP contribution in [0.1, 0.15) is 37.4 Å². The minimum atomic E-state index is -4.90. The monoisotopic (exact) mass is 840 g/mol. The molecule has 0 spiro atoms. The fraction of sp³-hybridized carbons (Fsp3) is 0.0732. The van der Waals surface area contributed by atoms with E-state index >= 15 is 0 Å². The lowest BCUT2D eigenvalue weighted by atomic mass is 9.96.